The number of hydrogen-bond donors (Lipinski definition) is 1. The van der Waals surface area contributed by atoms with E-state index >= 15 is 0 Å². The molecule has 11 heteroatoms. The van der Waals surface area contributed by atoms with Gasteiger partial charge in [-0.05, 0) is 42.0 Å². The first kappa shape index (κ1) is 26.8. The van der Waals surface area contributed by atoms with Crippen LogP contribution in [0.2, 0.25) is 0 Å². The fraction of sp³-hybridized carbons (Fsp3) is 0.222. The van der Waals surface area contributed by atoms with E-state index in [-0.39, 0.29) is 43.9 Å². The summed E-state index contributed by atoms with van der Waals surface area (Å²) in [6, 6.07) is 13.6. The van der Waals surface area contributed by atoms with Crippen molar-refractivity contribution in [2.45, 2.75) is 6.18 Å². The molecule has 0 radical (unpaired) electrons. The summed E-state index contributed by atoms with van der Waals surface area (Å²) in [5, 5.41) is 2.50. The van der Waals surface area contributed by atoms with Crippen LogP contribution in [-0.2, 0) is 11.0 Å². The van der Waals surface area contributed by atoms with Gasteiger partial charge in [0, 0.05) is 43.4 Å². The second-order valence-corrected chi connectivity index (χ2v) is 8.60. The molecule has 38 heavy (non-hydrogen) atoms. The second kappa shape index (κ2) is 11.0. The predicted molar refractivity (Wildman–Crippen MR) is 128 cm³/mol. The van der Waals surface area contributed by atoms with Crippen LogP contribution < -0.4 is 5.32 Å². The Morgan fingerprint density at radius 1 is 0.816 bits per heavy atom. The molecule has 6 nitrogen and oxygen atoms in total. The van der Waals surface area contributed by atoms with Gasteiger partial charge in [0.2, 0.25) is 5.91 Å². The van der Waals surface area contributed by atoms with Gasteiger partial charge in [-0.25, -0.2) is 8.78 Å². The molecule has 0 saturated carbocycles. The van der Waals surface area contributed by atoms with Crippen molar-refractivity contribution in [3.63, 3.8) is 0 Å². The van der Waals surface area contributed by atoms with Crippen molar-refractivity contribution < 1.29 is 36.3 Å². The number of halogens is 5. The number of hydrogen-bond acceptors (Lipinski definition) is 3. The standard InChI is InChI=1S/C27H22F5N3O3/c28-19-9-10-20(23(29)15-19)17-5-7-18(8-6-17)25(37)33-16-24(36)34-11-13-35(14-12-34)26(38)21-3-1-2-4-22(21)27(30,31)32/h1-10,15H,11-14,16H2,(H,33,37). The highest BCUT2D eigenvalue weighted by atomic mass is 19.4. The summed E-state index contributed by atoms with van der Waals surface area (Å²) in [4.78, 5) is 40.4. The zero-order chi connectivity index (χ0) is 27.4. The number of piperazine rings is 1. The summed E-state index contributed by atoms with van der Waals surface area (Å²) in [7, 11) is 0. The highest BCUT2D eigenvalue weighted by Gasteiger charge is 2.36. The highest BCUT2D eigenvalue weighted by Crippen LogP contribution is 2.32. The molecule has 1 aliphatic rings. The lowest BCUT2D eigenvalue weighted by Gasteiger charge is -2.35. The summed E-state index contributed by atoms with van der Waals surface area (Å²) in [5.41, 5.74) is -0.612. The number of nitrogens with zero attached hydrogens (tertiary/aromatic N) is 2. The van der Waals surface area contributed by atoms with Gasteiger partial charge in [-0.2, -0.15) is 13.2 Å². The quantitative estimate of drug-likeness (QED) is 0.498. The summed E-state index contributed by atoms with van der Waals surface area (Å²) < 4.78 is 66.9. The molecule has 0 aliphatic carbocycles. The lowest BCUT2D eigenvalue weighted by atomic mass is 10.0. The topological polar surface area (TPSA) is 69.7 Å². The van der Waals surface area contributed by atoms with Crippen LogP contribution in [0.3, 0.4) is 0 Å². The third-order valence-electron chi connectivity index (χ3n) is 6.17. The summed E-state index contributed by atoms with van der Waals surface area (Å²) in [5.74, 6) is -3.15. The maximum absolute atomic E-state index is 14.0. The van der Waals surface area contributed by atoms with E-state index in [1.165, 1.54) is 52.3 Å². The minimum absolute atomic E-state index is 0.0477. The summed E-state index contributed by atoms with van der Waals surface area (Å²) >= 11 is 0. The number of carbonyl (C=O) groups excluding carboxylic acids is 3. The Bertz CT molecular complexity index is 1350. The predicted octanol–water partition coefficient (Wildman–Crippen LogP) is 4.37. The van der Waals surface area contributed by atoms with E-state index in [9.17, 15) is 36.3 Å². The Morgan fingerprint density at radius 3 is 2.08 bits per heavy atom. The molecule has 3 aromatic rings. The molecule has 1 saturated heterocycles. The third-order valence-corrected chi connectivity index (χ3v) is 6.17. The maximum atomic E-state index is 14.0. The smallest absolute Gasteiger partial charge is 0.343 e. The van der Waals surface area contributed by atoms with Gasteiger partial charge >= 0.3 is 6.18 Å². The largest absolute Gasteiger partial charge is 0.417 e. The first-order chi connectivity index (χ1) is 18.0. The number of amides is 3. The molecular weight excluding hydrogens is 509 g/mol. The minimum Gasteiger partial charge on any atom is -0.343 e. The minimum atomic E-state index is -4.67. The molecule has 4 rings (SSSR count). The average Bonchev–Trinajstić information content (AvgIpc) is 2.91. The number of nitrogens with one attached hydrogen (secondary N) is 1. The van der Waals surface area contributed by atoms with Crippen LogP contribution in [0.4, 0.5) is 22.0 Å². The second-order valence-electron chi connectivity index (χ2n) is 8.60. The first-order valence-electron chi connectivity index (χ1n) is 11.6. The van der Waals surface area contributed by atoms with Crippen LogP contribution in [-0.4, -0.2) is 60.2 Å². The van der Waals surface area contributed by atoms with E-state index in [1.54, 1.807) is 0 Å². The molecule has 1 heterocycles. The van der Waals surface area contributed by atoms with Crippen LogP contribution in [0.5, 0.6) is 0 Å². The van der Waals surface area contributed by atoms with Crippen molar-refractivity contribution in [1.82, 2.24) is 15.1 Å². The zero-order valence-corrected chi connectivity index (χ0v) is 19.9. The van der Waals surface area contributed by atoms with Gasteiger partial charge in [-0.3, -0.25) is 14.4 Å². The van der Waals surface area contributed by atoms with Crippen LogP contribution in [0.25, 0.3) is 11.1 Å². The van der Waals surface area contributed by atoms with Gasteiger partial charge in [-0.15, -0.1) is 0 Å². The van der Waals surface area contributed by atoms with E-state index in [2.05, 4.69) is 5.32 Å². The molecule has 1 aliphatic heterocycles. The molecule has 3 aromatic carbocycles. The van der Waals surface area contributed by atoms with E-state index in [1.807, 2.05) is 0 Å². The van der Waals surface area contributed by atoms with Crippen LogP contribution >= 0.6 is 0 Å². The lowest BCUT2D eigenvalue weighted by Crippen LogP contribution is -2.52. The van der Waals surface area contributed by atoms with Crippen molar-refractivity contribution in [3.8, 4) is 11.1 Å². The molecule has 0 atom stereocenters. The monoisotopic (exact) mass is 531 g/mol. The Kier molecular flexibility index (Phi) is 7.75. The molecule has 0 bridgehead atoms. The lowest BCUT2D eigenvalue weighted by molar-refractivity contribution is -0.138. The molecule has 0 aromatic heterocycles. The van der Waals surface area contributed by atoms with E-state index in [0.717, 1.165) is 24.3 Å². The Hall–Kier alpha value is -4.28. The number of rotatable bonds is 5. The number of benzene rings is 3. The van der Waals surface area contributed by atoms with Gasteiger partial charge in [0.05, 0.1) is 17.7 Å². The van der Waals surface area contributed by atoms with Crippen molar-refractivity contribution in [2.75, 3.05) is 32.7 Å². The molecule has 198 valence electrons. The number of carbonyl (C=O) groups is 3. The molecule has 0 unspecified atom stereocenters. The average molecular weight is 531 g/mol. The van der Waals surface area contributed by atoms with Gasteiger partial charge in [0.15, 0.2) is 0 Å². The fourth-order valence-electron chi connectivity index (χ4n) is 4.14. The Labute approximate surface area is 214 Å². The fourth-order valence-corrected chi connectivity index (χ4v) is 4.14. The van der Waals surface area contributed by atoms with Crippen molar-refractivity contribution in [3.05, 3.63) is 95.1 Å². The van der Waals surface area contributed by atoms with Gasteiger partial charge in [0.25, 0.3) is 11.8 Å². The maximum Gasteiger partial charge on any atom is 0.417 e. The third kappa shape index (κ3) is 5.99. The zero-order valence-electron chi connectivity index (χ0n) is 19.9. The first-order valence-corrected chi connectivity index (χ1v) is 11.6. The van der Waals surface area contributed by atoms with E-state index in [0.29, 0.717) is 5.56 Å². The normalized spacial score (nSPS) is 13.8. The van der Waals surface area contributed by atoms with Gasteiger partial charge < -0.3 is 15.1 Å². The molecule has 1 N–H and O–H groups in total. The van der Waals surface area contributed by atoms with Gasteiger partial charge in [-0.1, -0.05) is 24.3 Å². The van der Waals surface area contributed by atoms with Crippen LogP contribution in [0.1, 0.15) is 26.3 Å². The summed E-state index contributed by atoms with van der Waals surface area (Å²) in [6.45, 7) is -0.0185. The van der Waals surface area contributed by atoms with E-state index < -0.39 is 46.7 Å². The SMILES string of the molecule is O=C(NCC(=O)N1CCN(C(=O)c2ccccc2C(F)(F)F)CC1)c1ccc(-c2ccc(F)cc2F)cc1. The van der Waals surface area contributed by atoms with Crippen LogP contribution in [0, 0.1) is 11.6 Å². The van der Waals surface area contributed by atoms with Gasteiger partial charge in [0.1, 0.15) is 11.6 Å². The molecule has 1 fully saturated rings. The van der Waals surface area contributed by atoms with E-state index in [4.69, 9.17) is 0 Å². The molecular formula is C27H22F5N3O3. The molecule has 3 amide bonds. The highest BCUT2D eigenvalue weighted by molar-refractivity contribution is 5.97. The molecule has 0 spiro atoms. The van der Waals surface area contributed by atoms with Crippen molar-refractivity contribution in [1.29, 1.82) is 0 Å². The van der Waals surface area contributed by atoms with Crippen molar-refractivity contribution in [2.24, 2.45) is 0 Å². The summed E-state index contributed by atoms with van der Waals surface area (Å²) in [6.07, 6.45) is -4.67. The van der Waals surface area contributed by atoms with Crippen LogP contribution in [0.15, 0.2) is 66.7 Å². The van der Waals surface area contributed by atoms with Crippen molar-refractivity contribution >= 4 is 17.7 Å². The number of alkyl halides is 3. The Balaban J connectivity index is 1.29. The Morgan fingerprint density at radius 2 is 1.45 bits per heavy atom.